The first kappa shape index (κ1) is 13.1. The Morgan fingerprint density at radius 2 is 1.33 bits per heavy atom. The van der Waals surface area contributed by atoms with Crippen molar-refractivity contribution < 1.29 is 14.9 Å². The molecule has 0 saturated heterocycles. The molecule has 0 bridgehead atoms. The first-order valence-electron chi connectivity index (χ1n) is 6.58. The largest absolute Gasteiger partial charge is 0.508 e. The zero-order valence-electron chi connectivity index (χ0n) is 11.2. The van der Waals surface area contributed by atoms with Gasteiger partial charge in [-0.3, -0.25) is 0 Å². The molecule has 0 aliphatic carbocycles. The molecular formula is C18H14O3. The van der Waals surface area contributed by atoms with Crippen LogP contribution in [0, 0.1) is 0 Å². The van der Waals surface area contributed by atoms with Gasteiger partial charge in [-0.15, -0.1) is 0 Å². The summed E-state index contributed by atoms with van der Waals surface area (Å²) in [5.74, 6) is 1.59. The fourth-order valence-corrected chi connectivity index (χ4v) is 2.09. The topological polar surface area (TPSA) is 49.7 Å². The predicted molar refractivity (Wildman–Crippen MR) is 81.7 cm³/mol. The maximum atomic E-state index is 9.86. The normalized spacial score (nSPS) is 10.3. The number of benzene rings is 3. The summed E-state index contributed by atoms with van der Waals surface area (Å²) in [5, 5.41) is 19.2. The molecule has 0 atom stereocenters. The third-order valence-electron chi connectivity index (χ3n) is 3.13. The summed E-state index contributed by atoms with van der Waals surface area (Å²) in [7, 11) is 0. The Balaban J connectivity index is 1.84. The minimum Gasteiger partial charge on any atom is -0.508 e. The van der Waals surface area contributed by atoms with Gasteiger partial charge in [-0.05, 0) is 42.0 Å². The molecule has 104 valence electrons. The molecule has 0 saturated carbocycles. The standard InChI is InChI=1S/C18H14O3/c19-14-8-11-17(18(20)12-14)13-6-9-16(10-7-13)21-15-4-2-1-3-5-15/h1-12,19-20H. The van der Waals surface area contributed by atoms with E-state index in [4.69, 9.17) is 4.74 Å². The van der Waals surface area contributed by atoms with Crippen molar-refractivity contribution in [3.05, 3.63) is 72.8 Å². The lowest BCUT2D eigenvalue weighted by Gasteiger charge is -2.08. The van der Waals surface area contributed by atoms with Crippen molar-refractivity contribution in [2.24, 2.45) is 0 Å². The summed E-state index contributed by atoms with van der Waals surface area (Å²) in [6.07, 6.45) is 0. The van der Waals surface area contributed by atoms with E-state index in [1.54, 1.807) is 12.1 Å². The molecule has 0 aromatic heterocycles. The lowest BCUT2D eigenvalue weighted by atomic mass is 10.0. The third kappa shape index (κ3) is 2.98. The Morgan fingerprint density at radius 3 is 2.00 bits per heavy atom. The molecule has 0 spiro atoms. The van der Waals surface area contributed by atoms with Gasteiger partial charge in [0.25, 0.3) is 0 Å². The molecule has 0 aliphatic heterocycles. The second kappa shape index (κ2) is 5.59. The van der Waals surface area contributed by atoms with E-state index >= 15 is 0 Å². The fourth-order valence-electron chi connectivity index (χ4n) is 2.09. The number of hydrogen-bond acceptors (Lipinski definition) is 3. The van der Waals surface area contributed by atoms with Gasteiger partial charge in [-0.1, -0.05) is 30.3 Å². The predicted octanol–water partition coefficient (Wildman–Crippen LogP) is 4.56. The average Bonchev–Trinajstić information content (AvgIpc) is 2.49. The van der Waals surface area contributed by atoms with Gasteiger partial charge in [0.2, 0.25) is 0 Å². The van der Waals surface area contributed by atoms with Crippen LogP contribution in [0.15, 0.2) is 72.8 Å². The quantitative estimate of drug-likeness (QED) is 0.738. The van der Waals surface area contributed by atoms with Gasteiger partial charge in [-0.2, -0.15) is 0 Å². The molecule has 0 heterocycles. The number of ether oxygens (including phenoxy) is 1. The Morgan fingerprint density at radius 1 is 0.667 bits per heavy atom. The smallest absolute Gasteiger partial charge is 0.127 e. The molecule has 3 heteroatoms. The molecular weight excluding hydrogens is 264 g/mol. The summed E-state index contributed by atoms with van der Waals surface area (Å²) in [6.45, 7) is 0. The van der Waals surface area contributed by atoms with Crippen molar-refractivity contribution in [2.45, 2.75) is 0 Å². The minimum atomic E-state index is 0.0419. The number of rotatable bonds is 3. The van der Waals surface area contributed by atoms with E-state index in [2.05, 4.69) is 0 Å². The number of aromatic hydroxyl groups is 2. The molecule has 3 nitrogen and oxygen atoms in total. The summed E-state index contributed by atoms with van der Waals surface area (Å²) < 4.78 is 5.72. The van der Waals surface area contributed by atoms with Crippen LogP contribution in [0.2, 0.25) is 0 Å². The van der Waals surface area contributed by atoms with Crippen LogP contribution in [0.4, 0.5) is 0 Å². The molecule has 21 heavy (non-hydrogen) atoms. The second-order valence-corrected chi connectivity index (χ2v) is 4.64. The first-order valence-corrected chi connectivity index (χ1v) is 6.58. The van der Waals surface area contributed by atoms with E-state index in [1.165, 1.54) is 6.07 Å². The zero-order valence-corrected chi connectivity index (χ0v) is 11.2. The molecule has 3 aromatic rings. The van der Waals surface area contributed by atoms with Crippen LogP contribution in [0.1, 0.15) is 0 Å². The monoisotopic (exact) mass is 278 g/mol. The van der Waals surface area contributed by atoms with Crippen molar-refractivity contribution in [1.82, 2.24) is 0 Å². The Hall–Kier alpha value is -2.94. The van der Waals surface area contributed by atoms with Gasteiger partial charge < -0.3 is 14.9 Å². The maximum absolute atomic E-state index is 9.86. The Labute approximate surface area is 122 Å². The number of para-hydroxylation sites is 1. The Kier molecular flexibility index (Phi) is 3.48. The molecule has 0 aliphatic rings. The van der Waals surface area contributed by atoms with Crippen LogP contribution in [-0.4, -0.2) is 10.2 Å². The lowest BCUT2D eigenvalue weighted by molar-refractivity contribution is 0.452. The molecule has 0 unspecified atom stereocenters. The zero-order chi connectivity index (χ0) is 14.7. The summed E-state index contributed by atoms with van der Waals surface area (Å²) in [6, 6.07) is 21.5. The number of phenolic OH excluding ortho intramolecular Hbond substituents is 2. The molecule has 0 fully saturated rings. The molecule has 2 N–H and O–H groups in total. The fraction of sp³-hybridized carbons (Fsp3) is 0. The van der Waals surface area contributed by atoms with Gasteiger partial charge in [0.05, 0.1) is 0 Å². The Bertz CT molecular complexity index is 734. The van der Waals surface area contributed by atoms with E-state index in [9.17, 15) is 10.2 Å². The van der Waals surface area contributed by atoms with Crippen LogP contribution in [0.5, 0.6) is 23.0 Å². The lowest BCUT2D eigenvalue weighted by Crippen LogP contribution is -1.84. The molecule has 0 radical (unpaired) electrons. The summed E-state index contributed by atoms with van der Waals surface area (Å²) in [4.78, 5) is 0. The van der Waals surface area contributed by atoms with Crippen LogP contribution in [-0.2, 0) is 0 Å². The van der Waals surface area contributed by atoms with E-state index in [-0.39, 0.29) is 11.5 Å². The highest BCUT2D eigenvalue weighted by Crippen LogP contribution is 2.33. The summed E-state index contributed by atoms with van der Waals surface area (Å²) in [5.41, 5.74) is 1.52. The molecule has 3 aromatic carbocycles. The average molecular weight is 278 g/mol. The SMILES string of the molecule is Oc1ccc(-c2ccc(Oc3ccccc3)cc2)c(O)c1. The van der Waals surface area contributed by atoms with E-state index in [0.29, 0.717) is 5.56 Å². The minimum absolute atomic E-state index is 0.0419. The second-order valence-electron chi connectivity index (χ2n) is 4.64. The maximum Gasteiger partial charge on any atom is 0.127 e. The van der Waals surface area contributed by atoms with Crippen molar-refractivity contribution in [2.75, 3.05) is 0 Å². The van der Waals surface area contributed by atoms with E-state index < -0.39 is 0 Å². The highest BCUT2D eigenvalue weighted by molar-refractivity contribution is 5.71. The van der Waals surface area contributed by atoms with E-state index in [1.807, 2.05) is 54.6 Å². The van der Waals surface area contributed by atoms with Crippen LogP contribution < -0.4 is 4.74 Å². The summed E-state index contributed by atoms with van der Waals surface area (Å²) >= 11 is 0. The van der Waals surface area contributed by atoms with Gasteiger partial charge >= 0.3 is 0 Å². The van der Waals surface area contributed by atoms with Gasteiger partial charge in [-0.25, -0.2) is 0 Å². The third-order valence-corrected chi connectivity index (χ3v) is 3.13. The van der Waals surface area contributed by atoms with Crippen molar-refractivity contribution in [3.8, 4) is 34.1 Å². The van der Waals surface area contributed by atoms with Gasteiger partial charge in [0.1, 0.15) is 23.0 Å². The van der Waals surface area contributed by atoms with Crippen LogP contribution in [0.3, 0.4) is 0 Å². The highest BCUT2D eigenvalue weighted by atomic mass is 16.5. The van der Waals surface area contributed by atoms with E-state index in [0.717, 1.165) is 17.1 Å². The van der Waals surface area contributed by atoms with Gasteiger partial charge in [0.15, 0.2) is 0 Å². The highest BCUT2D eigenvalue weighted by Gasteiger charge is 2.05. The van der Waals surface area contributed by atoms with Crippen LogP contribution >= 0.6 is 0 Å². The van der Waals surface area contributed by atoms with Crippen LogP contribution in [0.25, 0.3) is 11.1 Å². The number of hydrogen-bond donors (Lipinski definition) is 2. The van der Waals surface area contributed by atoms with Gasteiger partial charge in [0, 0.05) is 11.6 Å². The molecule has 3 rings (SSSR count). The van der Waals surface area contributed by atoms with Crippen molar-refractivity contribution >= 4 is 0 Å². The van der Waals surface area contributed by atoms with Crippen molar-refractivity contribution in [3.63, 3.8) is 0 Å². The van der Waals surface area contributed by atoms with Crippen molar-refractivity contribution in [1.29, 1.82) is 0 Å². The molecule has 0 amide bonds. The first-order chi connectivity index (χ1) is 10.2. The number of phenols is 2.